The van der Waals surface area contributed by atoms with E-state index in [9.17, 15) is 9.18 Å². The molecule has 1 aliphatic heterocycles. The van der Waals surface area contributed by atoms with E-state index < -0.39 is 11.3 Å². The summed E-state index contributed by atoms with van der Waals surface area (Å²) in [5, 5.41) is 11.6. The lowest BCUT2D eigenvalue weighted by molar-refractivity contribution is -0.116. The van der Waals surface area contributed by atoms with Crippen molar-refractivity contribution in [1.82, 2.24) is 14.9 Å². The second kappa shape index (κ2) is 7.21. The van der Waals surface area contributed by atoms with Gasteiger partial charge >= 0.3 is 0 Å². The number of anilines is 1. The number of amides is 1. The Balaban J connectivity index is 1.66. The van der Waals surface area contributed by atoms with Gasteiger partial charge in [-0.2, -0.15) is 0 Å². The first kappa shape index (κ1) is 17.8. The largest absolute Gasteiger partial charge is 0.325 e. The second-order valence-electron chi connectivity index (χ2n) is 6.06. The van der Waals surface area contributed by atoms with Gasteiger partial charge in [0, 0.05) is 10.7 Å². The Morgan fingerprint density at radius 1 is 1.26 bits per heavy atom. The minimum Gasteiger partial charge on any atom is -0.325 e. The molecule has 4 rings (SSSR count). The molecule has 138 valence electrons. The fourth-order valence-electron chi connectivity index (χ4n) is 2.86. The molecule has 0 saturated heterocycles. The number of aryl methyl sites for hydroxylation is 1. The molecule has 6 nitrogen and oxygen atoms in total. The number of hydrogen-bond donors (Lipinski definition) is 2. The van der Waals surface area contributed by atoms with Crippen LogP contribution in [0.25, 0.3) is 0 Å². The number of aromatic nitrogens is 3. The Kier molecular flexibility index (Phi) is 4.75. The van der Waals surface area contributed by atoms with E-state index in [1.165, 1.54) is 23.9 Å². The van der Waals surface area contributed by atoms with E-state index in [2.05, 4.69) is 20.9 Å². The number of rotatable bonds is 3. The van der Waals surface area contributed by atoms with Crippen molar-refractivity contribution >= 4 is 35.0 Å². The third-order valence-electron chi connectivity index (χ3n) is 4.18. The van der Waals surface area contributed by atoms with Crippen molar-refractivity contribution < 1.29 is 9.18 Å². The van der Waals surface area contributed by atoms with Crippen molar-refractivity contribution in [3.05, 3.63) is 70.8 Å². The number of fused-ring (bicyclic) bond motifs is 1. The van der Waals surface area contributed by atoms with E-state index in [4.69, 9.17) is 11.6 Å². The molecule has 1 aliphatic rings. The van der Waals surface area contributed by atoms with E-state index in [0.29, 0.717) is 21.7 Å². The molecule has 2 N–H and O–H groups in total. The molecule has 0 bridgehead atoms. The average molecular weight is 404 g/mol. The lowest BCUT2D eigenvalue weighted by Crippen LogP contribution is -2.41. The fraction of sp³-hybridized carbons (Fsp3) is 0.167. The van der Waals surface area contributed by atoms with E-state index in [0.717, 1.165) is 5.56 Å². The molecule has 0 radical (unpaired) electrons. The number of hydrogen-bond acceptors (Lipinski definition) is 5. The molecular formula is C18H15ClFN5OS. The van der Waals surface area contributed by atoms with E-state index in [1.54, 1.807) is 41.1 Å². The van der Waals surface area contributed by atoms with Gasteiger partial charge in [-0.15, -0.1) is 10.2 Å². The summed E-state index contributed by atoms with van der Waals surface area (Å²) >= 11 is 7.30. The van der Waals surface area contributed by atoms with Crippen LogP contribution < -0.4 is 10.7 Å². The van der Waals surface area contributed by atoms with Gasteiger partial charge in [-0.1, -0.05) is 41.6 Å². The van der Waals surface area contributed by atoms with Crippen molar-refractivity contribution in [1.29, 1.82) is 0 Å². The standard InChI is InChI=1S/C18H15ClFN5OS/c1-10-22-23-18-25(10)24-15(11-5-7-13(20)8-6-11)16(27-18)17(26)21-14-4-2-3-12(19)9-14/h2-9,15-16,24H,1H3,(H,21,26)/t15-,16+/m0/s1. The van der Waals surface area contributed by atoms with Gasteiger partial charge in [-0.3, -0.25) is 4.79 Å². The topological polar surface area (TPSA) is 71.8 Å². The molecule has 0 fully saturated rings. The van der Waals surface area contributed by atoms with Crippen molar-refractivity contribution in [2.75, 3.05) is 10.7 Å². The summed E-state index contributed by atoms with van der Waals surface area (Å²) in [4.78, 5) is 13.0. The highest BCUT2D eigenvalue weighted by Gasteiger charge is 2.37. The predicted molar refractivity (Wildman–Crippen MR) is 103 cm³/mol. The summed E-state index contributed by atoms with van der Waals surface area (Å²) in [6.07, 6.45) is 0. The van der Waals surface area contributed by atoms with Gasteiger partial charge in [0.15, 0.2) is 0 Å². The minimum atomic E-state index is -0.537. The van der Waals surface area contributed by atoms with Gasteiger partial charge in [0.2, 0.25) is 11.1 Å². The van der Waals surface area contributed by atoms with Gasteiger partial charge in [0.1, 0.15) is 16.9 Å². The predicted octanol–water partition coefficient (Wildman–Crippen LogP) is 3.78. The van der Waals surface area contributed by atoms with Crippen LogP contribution in [0.3, 0.4) is 0 Å². The normalized spacial score (nSPS) is 18.5. The monoisotopic (exact) mass is 403 g/mol. The number of halogens is 2. The Hall–Kier alpha value is -2.58. The molecule has 1 amide bonds. The molecular weight excluding hydrogens is 389 g/mol. The van der Waals surface area contributed by atoms with E-state index in [1.807, 2.05) is 6.92 Å². The molecule has 0 aliphatic carbocycles. The van der Waals surface area contributed by atoms with Crippen molar-refractivity contribution in [3.8, 4) is 0 Å². The Morgan fingerprint density at radius 2 is 2.04 bits per heavy atom. The number of carbonyl (C=O) groups excluding carboxylic acids is 1. The van der Waals surface area contributed by atoms with Gasteiger partial charge in [0.05, 0.1) is 6.04 Å². The lowest BCUT2D eigenvalue weighted by Gasteiger charge is -2.32. The van der Waals surface area contributed by atoms with Crippen molar-refractivity contribution in [2.45, 2.75) is 23.4 Å². The first-order chi connectivity index (χ1) is 13.0. The molecule has 2 atom stereocenters. The Morgan fingerprint density at radius 3 is 2.78 bits per heavy atom. The molecule has 27 heavy (non-hydrogen) atoms. The summed E-state index contributed by atoms with van der Waals surface area (Å²) in [6, 6.07) is 12.6. The first-order valence-corrected chi connectivity index (χ1v) is 9.44. The van der Waals surface area contributed by atoms with Crippen LogP contribution in [-0.2, 0) is 4.79 Å². The van der Waals surface area contributed by atoms with Crippen LogP contribution in [0.4, 0.5) is 10.1 Å². The molecule has 0 saturated carbocycles. The third-order valence-corrected chi connectivity index (χ3v) is 5.63. The quantitative estimate of drug-likeness (QED) is 0.696. The summed E-state index contributed by atoms with van der Waals surface area (Å²) in [5.74, 6) is 0.137. The maximum absolute atomic E-state index is 13.3. The van der Waals surface area contributed by atoms with Crippen LogP contribution >= 0.6 is 23.4 Å². The number of benzene rings is 2. The van der Waals surface area contributed by atoms with Crippen LogP contribution in [0.15, 0.2) is 53.7 Å². The molecule has 3 aromatic rings. The van der Waals surface area contributed by atoms with Crippen LogP contribution in [-0.4, -0.2) is 26.0 Å². The number of nitrogens with zero attached hydrogens (tertiary/aromatic N) is 3. The van der Waals surface area contributed by atoms with Crippen LogP contribution in [0.2, 0.25) is 5.02 Å². The van der Waals surface area contributed by atoms with Gasteiger partial charge < -0.3 is 10.7 Å². The highest BCUT2D eigenvalue weighted by molar-refractivity contribution is 8.00. The third kappa shape index (κ3) is 3.63. The summed E-state index contributed by atoms with van der Waals surface area (Å²) < 4.78 is 15.1. The Labute approximate surface area is 164 Å². The number of nitrogens with one attached hydrogen (secondary N) is 2. The molecule has 9 heteroatoms. The summed E-state index contributed by atoms with van der Waals surface area (Å²) in [5.41, 5.74) is 4.66. The molecule has 0 spiro atoms. The maximum Gasteiger partial charge on any atom is 0.240 e. The zero-order valence-corrected chi connectivity index (χ0v) is 15.8. The fourth-order valence-corrected chi connectivity index (χ4v) is 4.18. The first-order valence-electron chi connectivity index (χ1n) is 8.18. The van der Waals surface area contributed by atoms with E-state index in [-0.39, 0.29) is 11.7 Å². The minimum absolute atomic E-state index is 0.212. The Bertz CT molecular complexity index is 994. The van der Waals surface area contributed by atoms with Crippen LogP contribution in [0.1, 0.15) is 17.4 Å². The van der Waals surface area contributed by atoms with Gasteiger partial charge in [0.25, 0.3) is 0 Å². The summed E-state index contributed by atoms with van der Waals surface area (Å²) in [7, 11) is 0. The lowest BCUT2D eigenvalue weighted by atomic mass is 10.0. The zero-order chi connectivity index (χ0) is 19.0. The molecule has 0 unspecified atom stereocenters. The van der Waals surface area contributed by atoms with Crippen molar-refractivity contribution in [2.24, 2.45) is 0 Å². The van der Waals surface area contributed by atoms with E-state index >= 15 is 0 Å². The zero-order valence-electron chi connectivity index (χ0n) is 14.2. The second-order valence-corrected chi connectivity index (χ2v) is 7.61. The highest BCUT2D eigenvalue weighted by Crippen LogP contribution is 2.37. The number of thioether (sulfide) groups is 1. The molecule has 1 aromatic heterocycles. The van der Waals surface area contributed by atoms with Crippen LogP contribution in [0.5, 0.6) is 0 Å². The summed E-state index contributed by atoms with van der Waals surface area (Å²) in [6.45, 7) is 1.82. The van der Waals surface area contributed by atoms with Crippen LogP contribution in [0, 0.1) is 12.7 Å². The SMILES string of the molecule is Cc1nnc2n1N[C@@H](c1ccc(F)cc1)[C@H](C(=O)Nc1cccc(Cl)c1)S2. The number of carbonyl (C=O) groups is 1. The highest BCUT2D eigenvalue weighted by atomic mass is 35.5. The molecule has 2 heterocycles. The average Bonchev–Trinajstić information content (AvgIpc) is 3.02. The van der Waals surface area contributed by atoms with Gasteiger partial charge in [-0.25, -0.2) is 9.07 Å². The maximum atomic E-state index is 13.3. The molecule has 2 aromatic carbocycles. The smallest absolute Gasteiger partial charge is 0.240 e. The van der Waals surface area contributed by atoms with Crippen molar-refractivity contribution in [3.63, 3.8) is 0 Å². The van der Waals surface area contributed by atoms with Gasteiger partial charge in [-0.05, 0) is 42.8 Å².